The monoisotopic (exact) mass is 250 g/mol. The Balaban J connectivity index is 2.27. The Morgan fingerprint density at radius 1 is 1.50 bits per heavy atom. The van der Waals surface area contributed by atoms with Gasteiger partial charge >= 0.3 is 0 Å². The van der Waals surface area contributed by atoms with Gasteiger partial charge in [-0.05, 0) is 19.4 Å². The summed E-state index contributed by atoms with van der Waals surface area (Å²) in [6.07, 6.45) is 0.924. The Morgan fingerprint density at radius 3 is 2.94 bits per heavy atom. The van der Waals surface area contributed by atoms with Crippen LogP contribution in [-0.4, -0.2) is 30.4 Å². The molecule has 100 valence electrons. The van der Waals surface area contributed by atoms with Crippen LogP contribution >= 0.6 is 0 Å². The average molecular weight is 250 g/mol. The van der Waals surface area contributed by atoms with E-state index >= 15 is 0 Å². The zero-order valence-electron chi connectivity index (χ0n) is 11.1. The summed E-state index contributed by atoms with van der Waals surface area (Å²) >= 11 is 0. The predicted molar refractivity (Wildman–Crippen MR) is 71.7 cm³/mol. The van der Waals surface area contributed by atoms with Crippen LogP contribution in [0.4, 0.5) is 0 Å². The molecule has 0 aromatic heterocycles. The normalized spacial score (nSPS) is 18.2. The summed E-state index contributed by atoms with van der Waals surface area (Å²) < 4.78 is 6.03. The molecule has 0 saturated carbocycles. The van der Waals surface area contributed by atoms with E-state index in [2.05, 4.69) is 25.2 Å². The van der Waals surface area contributed by atoms with Crippen molar-refractivity contribution < 1.29 is 9.84 Å². The lowest BCUT2D eigenvalue weighted by Crippen LogP contribution is -2.31. The number of aliphatic hydroxyl groups excluding tert-OH is 1. The first-order chi connectivity index (χ1) is 8.57. The number of benzene rings is 1. The zero-order chi connectivity index (χ0) is 13.2. The van der Waals surface area contributed by atoms with E-state index in [1.165, 1.54) is 5.56 Å². The summed E-state index contributed by atoms with van der Waals surface area (Å²) in [5.41, 5.74) is 7.99. The van der Waals surface area contributed by atoms with Gasteiger partial charge in [0, 0.05) is 31.1 Å². The van der Waals surface area contributed by atoms with Crippen LogP contribution < -0.4 is 15.8 Å². The number of aliphatic hydroxyl groups is 1. The fourth-order valence-corrected chi connectivity index (χ4v) is 2.47. The van der Waals surface area contributed by atoms with Gasteiger partial charge in [-0.1, -0.05) is 18.2 Å². The molecular formula is C14H22N2O2. The molecule has 1 unspecified atom stereocenters. The lowest BCUT2D eigenvalue weighted by atomic mass is 9.98. The molecule has 1 aromatic carbocycles. The van der Waals surface area contributed by atoms with E-state index in [4.69, 9.17) is 15.6 Å². The Bertz CT molecular complexity index is 418. The third-order valence-corrected chi connectivity index (χ3v) is 3.24. The van der Waals surface area contributed by atoms with Gasteiger partial charge in [-0.25, -0.2) is 0 Å². The van der Waals surface area contributed by atoms with Gasteiger partial charge in [0.2, 0.25) is 0 Å². The fourth-order valence-electron chi connectivity index (χ4n) is 2.47. The third kappa shape index (κ3) is 2.66. The predicted octanol–water partition coefficient (Wildman–Crippen LogP) is 0.982. The Kier molecular flexibility index (Phi) is 3.90. The van der Waals surface area contributed by atoms with Crippen molar-refractivity contribution in [1.29, 1.82) is 0 Å². The van der Waals surface area contributed by atoms with Gasteiger partial charge in [0.1, 0.15) is 11.4 Å². The number of para-hydroxylation sites is 1. The Labute approximate surface area is 108 Å². The van der Waals surface area contributed by atoms with Crippen molar-refractivity contribution in [2.75, 3.05) is 19.7 Å². The summed E-state index contributed by atoms with van der Waals surface area (Å²) in [6, 6.07) is 6.22. The molecule has 2 rings (SSSR count). The van der Waals surface area contributed by atoms with E-state index in [0.29, 0.717) is 13.1 Å². The van der Waals surface area contributed by atoms with Crippen molar-refractivity contribution in [3.8, 4) is 5.75 Å². The fraction of sp³-hybridized carbons (Fsp3) is 0.571. The number of rotatable bonds is 5. The van der Waals surface area contributed by atoms with Gasteiger partial charge in [-0.2, -0.15) is 0 Å². The number of hydrogen-bond donors (Lipinski definition) is 3. The molecule has 0 fully saturated rings. The van der Waals surface area contributed by atoms with E-state index in [1.54, 1.807) is 0 Å². The number of fused-ring (bicyclic) bond motifs is 1. The smallest absolute Gasteiger partial charge is 0.128 e. The van der Waals surface area contributed by atoms with Crippen LogP contribution in [0.2, 0.25) is 0 Å². The summed E-state index contributed by atoms with van der Waals surface area (Å²) in [5.74, 6) is 0.961. The molecule has 0 saturated heterocycles. The minimum absolute atomic E-state index is 0.0287. The van der Waals surface area contributed by atoms with Crippen LogP contribution in [-0.2, 0) is 6.42 Å². The largest absolute Gasteiger partial charge is 0.487 e. The van der Waals surface area contributed by atoms with Crippen molar-refractivity contribution >= 4 is 0 Å². The highest BCUT2D eigenvalue weighted by Gasteiger charge is 2.32. The molecule has 1 aromatic rings. The van der Waals surface area contributed by atoms with Gasteiger partial charge in [-0.3, -0.25) is 0 Å². The molecule has 1 aliphatic rings. The highest BCUT2D eigenvalue weighted by Crippen LogP contribution is 2.39. The third-order valence-electron chi connectivity index (χ3n) is 3.24. The van der Waals surface area contributed by atoms with Gasteiger partial charge in [-0.15, -0.1) is 0 Å². The second kappa shape index (κ2) is 5.26. The summed E-state index contributed by atoms with van der Waals surface area (Å²) in [7, 11) is 0. The van der Waals surface area contributed by atoms with Crippen LogP contribution in [0, 0.1) is 0 Å². The molecule has 0 bridgehead atoms. The standard InChI is InChI=1S/C14H22N2O2/c1-14(2)8-10-4-3-5-11(13(10)18-14)12(9-15)16-6-7-17/h3-5,12,16-17H,6-9,15H2,1-2H3. The summed E-state index contributed by atoms with van der Waals surface area (Å²) in [5, 5.41) is 12.1. The highest BCUT2D eigenvalue weighted by atomic mass is 16.5. The first-order valence-corrected chi connectivity index (χ1v) is 6.42. The van der Waals surface area contributed by atoms with Crippen molar-refractivity contribution in [1.82, 2.24) is 5.32 Å². The minimum Gasteiger partial charge on any atom is -0.487 e. The molecule has 4 heteroatoms. The summed E-state index contributed by atoms with van der Waals surface area (Å²) in [4.78, 5) is 0. The molecule has 1 heterocycles. The van der Waals surface area contributed by atoms with E-state index in [1.807, 2.05) is 12.1 Å². The zero-order valence-corrected chi connectivity index (χ0v) is 11.1. The maximum Gasteiger partial charge on any atom is 0.128 e. The second-order valence-corrected chi connectivity index (χ2v) is 5.34. The van der Waals surface area contributed by atoms with Crippen molar-refractivity contribution in [3.05, 3.63) is 29.3 Å². The molecule has 0 spiro atoms. The van der Waals surface area contributed by atoms with Gasteiger partial charge < -0.3 is 20.9 Å². The van der Waals surface area contributed by atoms with E-state index in [0.717, 1.165) is 17.7 Å². The highest BCUT2D eigenvalue weighted by molar-refractivity contribution is 5.47. The SMILES string of the molecule is CC1(C)Cc2cccc(C(CN)NCCO)c2O1. The van der Waals surface area contributed by atoms with Crippen LogP contribution in [0.15, 0.2) is 18.2 Å². The number of nitrogens with two attached hydrogens (primary N) is 1. The van der Waals surface area contributed by atoms with Crippen LogP contribution in [0.3, 0.4) is 0 Å². The van der Waals surface area contributed by atoms with Crippen LogP contribution in [0.5, 0.6) is 5.75 Å². The molecule has 0 amide bonds. The van der Waals surface area contributed by atoms with Gasteiger partial charge in [0.25, 0.3) is 0 Å². The first-order valence-electron chi connectivity index (χ1n) is 6.42. The molecule has 4 N–H and O–H groups in total. The van der Waals surface area contributed by atoms with Gasteiger partial charge in [0.15, 0.2) is 0 Å². The van der Waals surface area contributed by atoms with Crippen LogP contribution in [0.25, 0.3) is 0 Å². The molecule has 0 aliphatic carbocycles. The maximum atomic E-state index is 8.90. The van der Waals surface area contributed by atoms with E-state index < -0.39 is 0 Å². The lowest BCUT2D eigenvalue weighted by molar-refractivity contribution is 0.136. The summed E-state index contributed by atoms with van der Waals surface area (Å²) in [6.45, 7) is 5.32. The Morgan fingerprint density at radius 2 is 2.28 bits per heavy atom. The maximum absolute atomic E-state index is 8.90. The topological polar surface area (TPSA) is 67.5 Å². The van der Waals surface area contributed by atoms with E-state index in [9.17, 15) is 0 Å². The molecule has 4 nitrogen and oxygen atoms in total. The van der Waals surface area contributed by atoms with Crippen molar-refractivity contribution in [2.45, 2.75) is 31.9 Å². The number of ether oxygens (including phenoxy) is 1. The first kappa shape index (κ1) is 13.3. The number of nitrogens with one attached hydrogen (secondary N) is 1. The van der Waals surface area contributed by atoms with Crippen LogP contribution in [0.1, 0.15) is 31.0 Å². The second-order valence-electron chi connectivity index (χ2n) is 5.34. The van der Waals surface area contributed by atoms with Crippen molar-refractivity contribution in [3.63, 3.8) is 0 Å². The average Bonchev–Trinajstić information content (AvgIpc) is 2.64. The molecular weight excluding hydrogens is 228 g/mol. The van der Waals surface area contributed by atoms with E-state index in [-0.39, 0.29) is 18.2 Å². The van der Waals surface area contributed by atoms with Gasteiger partial charge in [0.05, 0.1) is 6.61 Å². The number of hydrogen-bond acceptors (Lipinski definition) is 4. The lowest BCUT2D eigenvalue weighted by Gasteiger charge is -2.22. The quantitative estimate of drug-likeness (QED) is 0.729. The molecule has 1 atom stereocenters. The molecule has 1 aliphatic heterocycles. The van der Waals surface area contributed by atoms with Crippen molar-refractivity contribution in [2.24, 2.45) is 5.73 Å². The Hall–Kier alpha value is -1.10. The minimum atomic E-state index is -0.144. The molecule has 18 heavy (non-hydrogen) atoms. The molecule has 0 radical (unpaired) electrons.